The van der Waals surface area contributed by atoms with Gasteiger partial charge in [-0.15, -0.1) is 0 Å². The summed E-state index contributed by atoms with van der Waals surface area (Å²) >= 11 is 0. The predicted octanol–water partition coefficient (Wildman–Crippen LogP) is 3.01. The van der Waals surface area contributed by atoms with Crippen LogP contribution in [0.5, 0.6) is 0 Å². The number of hydrogen-bond acceptors (Lipinski definition) is 2. The summed E-state index contributed by atoms with van der Waals surface area (Å²) < 4.78 is 0. The van der Waals surface area contributed by atoms with Gasteiger partial charge in [0.15, 0.2) is 0 Å². The van der Waals surface area contributed by atoms with Crippen molar-refractivity contribution in [2.24, 2.45) is 17.6 Å². The van der Waals surface area contributed by atoms with Gasteiger partial charge in [0.25, 0.3) is 0 Å². The summed E-state index contributed by atoms with van der Waals surface area (Å²) in [6.45, 7) is 6.95. The Kier molecular flexibility index (Phi) is 4.87. The van der Waals surface area contributed by atoms with Crippen LogP contribution in [0.15, 0.2) is 0 Å². The summed E-state index contributed by atoms with van der Waals surface area (Å²) in [5.74, 6) is 1.82. The number of piperidine rings is 1. The Bertz CT molecular complexity index is 229. The standard InChI is InChI=1S/C15H30N2/c1-12-4-3-5-14(7-6-12)17-9-8-13(2)10-15(17)11-16/h12-15H,3-11,16H2,1-2H3. The van der Waals surface area contributed by atoms with Crippen molar-refractivity contribution in [2.45, 2.75) is 70.9 Å². The van der Waals surface area contributed by atoms with Crippen molar-refractivity contribution >= 4 is 0 Å². The van der Waals surface area contributed by atoms with E-state index in [2.05, 4.69) is 18.7 Å². The molecule has 1 saturated heterocycles. The first kappa shape index (κ1) is 13.4. The molecule has 1 aliphatic heterocycles. The molecule has 0 radical (unpaired) electrons. The van der Waals surface area contributed by atoms with Crippen molar-refractivity contribution in [1.29, 1.82) is 0 Å². The molecule has 0 amide bonds. The number of rotatable bonds is 2. The molecule has 17 heavy (non-hydrogen) atoms. The van der Waals surface area contributed by atoms with Gasteiger partial charge in [0.05, 0.1) is 0 Å². The fourth-order valence-electron chi connectivity index (χ4n) is 3.78. The topological polar surface area (TPSA) is 29.3 Å². The smallest absolute Gasteiger partial charge is 0.0223 e. The molecule has 0 bridgehead atoms. The minimum absolute atomic E-state index is 0.664. The summed E-state index contributed by atoms with van der Waals surface area (Å²) in [6.07, 6.45) is 9.81. The molecule has 2 heteroatoms. The van der Waals surface area contributed by atoms with Crippen molar-refractivity contribution < 1.29 is 0 Å². The second-order valence-electron chi connectivity index (χ2n) is 6.52. The van der Waals surface area contributed by atoms with E-state index in [0.717, 1.165) is 24.4 Å². The summed E-state index contributed by atoms with van der Waals surface area (Å²) in [7, 11) is 0. The quantitative estimate of drug-likeness (QED) is 0.749. The van der Waals surface area contributed by atoms with Crippen LogP contribution in [-0.4, -0.2) is 30.1 Å². The third kappa shape index (κ3) is 3.45. The van der Waals surface area contributed by atoms with Crippen LogP contribution in [0.4, 0.5) is 0 Å². The fraction of sp³-hybridized carbons (Fsp3) is 1.00. The van der Waals surface area contributed by atoms with Crippen molar-refractivity contribution in [1.82, 2.24) is 4.90 Å². The molecule has 2 N–H and O–H groups in total. The lowest BCUT2D eigenvalue weighted by molar-refractivity contribution is 0.0679. The first-order chi connectivity index (χ1) is 8.20. The molecule has 4 atom stereocenters. The lowest BCUT2D eigenvalue weighted by Crippen LogP contribution is -2.51. The van der Waals surface area contributed by atoms with Crippen LogP contribution in [0.3, 0.4) is 0 Å². The normalized spacial score (nSPS) is 41.1. The number of likely N-dealkylation sites (tertiary alicyclic amines) is 1. The lowest BCUT2D eigenvalue weighted by atomic mass is 9.89. The molecule has 2 rings (SSSR count). The van der Waals surface area contributed by atoms with Gasteiger partial charge in [-0.2, -0.15) is 0 Å². The van der Waals surface area contributed by atoms with E-state index >= 15 is 0 Å². The van der Waals surface area contributed by atoms with E-state index in [9.17, 15) is 0 Å². The van der Waals surface area contributed by atoms with Gasteiger partial charge in [-0.05, 0) is 50.5 Å². The van der Waals surface area contributed by atoms with E-state index in [1.54, 1.807) is 0 Å². The van der Waals surface area contributed by atoms with E-state index in [1.807, 2.05) is 0 Å². The zero-order valence-electron chi connectivity index (χ0n) is 11.7. The molecule has 100 valence electrons. The zero-order valence-corrected chi connectivity index (χ0v) is 11.7. The highest BCUT2D eigenvalue weighted by Gasteiger charge is 2.31. The monoisotopic (exact) mass is 238 g/mol. The van der Waals surface area contributed by atoms with E-state index in [-0.39, 0.29) is 0 Å². The van der Waals surface area contributed by atoms with Crippen molar-refractivity contribution in [3.63, 3.8) is 0 Å². The lowest BCUT2D eigenvalue weighted by Gasteiger charge is -2.43. The molecular weight excluding hydrogens is 208 g/mol. The van der Waals surface area contributed by atoms with Gasteiger partial charge in [0.1, 0.15) is 0 Å². The minimum Gasteiger partial charge on any atom is -0.329 e. The molecule has 2 fully saturated rings. The fourth-order valence-corrected chi connectivity index (χ4v) is 3.78. The molecule has 1 aliphatic carbocycles. The molecule has 0 aromatic rings. The van der Waals surface area contributed by atoms with Gasteiger partial charge < -0.3 is 5.73 Å². The molecule has 2 nitrogen and oxygen atoms in total. The summed E-state index contributed by atoms with van der Waals surface area (Å²) in [5, 5.41) is 0. The van der Waals surface area contributed by atoms with Crippen LogP contribution in [0.1, 0.15) is 58.8 Å². The SMILES string of the molecule is CC1CCCC(N2CCC(C)CC2CN)CC1. The van der Waals surface area contributed by atoms with E-state index in [1.165, 1.54) is 51.5 Å². The molecule has 2 aliphatic rings. The number of hydrogen-bond donors (Lipinski definition) is 1. The van der Waals surface area contributed by atoms with Gasteiger partial charge in [0.2, 0.25) is 0 Å². The van der Waals surface area contributed by atoms with Gasteiger partial charge in [0, 0.05) is 18.6 Å². The molecule has 4 unspecified atom stereocenters. The Morgan fingerprint density at radius 2 is 1.82 bits per heavy atom. The highest BCUT2D eigenvalue weighted by molar-refractivity contribution is 4.87. The summed E-state index contributed by atoms with van der Waals surface area (Å²) in [4.78, 5) is 2.76. The summed E-state index contributed by atoms with van der Waals surface area (Å²) in [6, 6.07) is 1.50. The van der Waals surface area contributed by atoms with Crippen molar-refractivity contribution in [2.75, 3.05) is 13.1 Å². The Morgan fingerprint density at radius 3 is 2.59 bits per heavy atom. The Morgan fingerprint density at radius 1 is 1.00 bits per heavy atom. The second kappa shape index (κ2) is 6.19. The van der Waals surface area contributed by atoms with Gasteiger partial charge in [-0.3, -0.25) is 4.90 Å². The van der Waals surface area contributed by atoms with Crippen LogP contribution in [0.25, 0.3) is 0 Å². The maximum absolute atomic E-state index is 5.99. The molecule has 0 aromatic carbocycles. The maximum atomic E-state index is 5.99. The first-order valence-corrected chi connectivity index (χ1v) is 7.66. The van der Waals surface area contributed by atoms with Gasteiger partial charge >= 0.3 is 0 Å². The van der Waals surface area contributed by atoms with Gasteiger partial charge in [-0.25, -0.2) is 0 Å². The Labute approximate surface area is 107 Å². The molecule has 0 aromatic heterocycles. The van der Waals surface area contributed by atoms with Gasteiger partial charge in [-0.1, -0.05) is 26.7 Å². The molecular formula is C15H30N2. The number of nitrogens with two attached hydrogens (primary N) is 1. The third-order valence-electron chi connectivity index (χ3n) is 4.99. The Balaban J connectivity index is 1.94. The highest BCUT2D eigenvalue weighted by Crippen LogP contribution is 2.31. The maximum Gasteiger partial charge on any atom is 0.0223 e. The van der Waals surface area contributed by atoms with Crippen molar-refractivity contribution in [3.8, 4) is 0 Å². The molecule has 0 spiro atoms. The average Bonchev–Trinajstić information content (AvgIpc) is 2.54. The van der Waals surface area contributed by atoms with Crippen molar-refractivity contribution in [3.05, 3.63) is 0 Å². The van der Waals surface area contributed by atoms with Crippen LogP contribution in [-0.2, 0) is 0 Å². The highest BCUT2D eigenvalue weighted by atomic mass is 15.2. The second-order valence-corrected chi connectivity index (χ2v) is 6.52. The van der Waals surface area contributed by atoms with Crippen LogP contribution >= 0.6 is 0 Å². The minimum atomic E-state index is 0.664. The van der Waals surface area contributed by atoms with Crippen LogP contribution < -0.4 is 5.73 Å². The van der Waals surface area contributed by atoms with Crippen LogP contribution in [0.2, 0.25) is 0 Å². The molecule has 1 heterocycles. The third-order valence-corrected chi connectivity index (χ3v) is 4.99. The molecule has 1 saturated carbocycles. The average molecular weight is 238 g/mol. The largest absolute Gasteiger partial charge is 0.329 e. The van der Waals surface area contributed by atoms with Crippen LogP contribution in [0, 0.1) is 11.8 Å². The Hall–Kier alpha value is -0.0800. The number of nitrogens with zero attached hydrogens (tertiary/aromatic N) is 1. The van der Waals surface area contributed by atoms with E-state index < -0.39 is 0 Å². The summed E-state index contributed by atoms with van der Waals surface area (Å²) in [5.41, 5.74) is 5.99. The van der Waals surface area contributed by atoms with E-state index in [4.69, 9.17) is 5.73 Å². The predicted molar refractivity (Wildman–Crippen MR) is 74.0 cm³/mol. The first-order valence-electron chi connectivity index (χ1n) is 7.66. The van der Waals surface area contributed by atoms with E-state index in [0.29, 0.717) is 6.04 Å². The zero-order chi connectivity index (χ0) is 12.3.